The number of aromatic amines is 1. The van der Waals surface area contributed by atoms with Gasteiger partial charge in [0.25, 0.3) is 11.6 Å². The van der Waals surface area contributed by atoms with Crippen LogP contribution in [0.2, 0.25) is 0 Å². The molecule has 0 bridgehead atoms. The van der Waals surface area contributed by atoms with E-state index < -0.39 is 4.92 Å². The maximum absolute atomic E-state index is 12.2. The maximum atomic E-state index is 12.2. The molecule has 0 saturated heterocycles. The predicted molar refractivity (Wildman–Crippen MR) is 87.0 cm³/mol. The molecule has 0 unspecified atom stereocenters. The fourth-order valence-corrected chi connectivity index (χ4v) is 2.50. The summed E-state index contributed by atoms with van der Waals surface area (Å²) in [5.74, 6) is -0.354. The van der Waals surface area contributed by atoms with Crippen molar-refractivity contribution in [1.82, 2.24) is 4.98 Å². The largest absolute Gasteiger partial charge is 0.351 e. The zero-order valence-electron chi connectivity index (χ0n) is 11.2. The lowest BCUT2D eigenvalue weighted by Gasteiger charge is -2.03. The summed E-state index contributed by atoms with van der Waals surface area (Å²) in [5, 5.41) is 14.3. The molecule has 0 aliphatic rings. The number of halogens is 1. The molecule has 2 N–H and O–H groups in total. The first kappa shape index (κ1) is 14.3. The summed E-state index contributed by atoms with van der Waals surface area (Å²) in [6.45, 7) is 0. The molecule has 1 heterocycles. The van der Waals surface area contributed by atoms with Crippen LogP contribution in [0.4, 0.5) is 11.4 Å². The van der Waals surface area contributed by atoms with Crippen LogP contribution in [0.3, 0.4) is 0 Å². The van der Waals surface area contributed by atoms with Gasteiger partial charge in [-0.15, -0.1) is 0 Å². The highest BCUT2D eigenvalue weighted by atomic mass is 79.9. The Kier molecular flexibility index (Phi) is 3.64. The van der Waals surface area contributed by atoms with Crippen LogP contribution in [0.1, 0.15) is 10.5 Å². The maximum Gasteiger partial charge on any atom is 0.272 e. The number of hydrogen-bond donors (Lipinski definition) is 2. The molecule has 22 heavy (non-hydrogen) atoms. The number of carbonyl (C=O) groups excluding carboxylic acids is 1. The van der Waals surface area contributed by atoms with E-state index in [0.717, 1.165) is 15.4 Å². The second-order valence-electron chi connectivity index (χ2n) is 4.68. The normalized spacial score (nSPS) is 10.6. The monoisotopic (exact) mass is 359 g/mol. The van der Waals surface area contributed by atoms with E-state index in [1.54, 1.807) is 12.1 Å². The summed E-state index contributed by atoms with van der Waals surface area (Å²) < 4.78 is 0.921. The van der Waals surface area contributed by atoms with Gasteiger partial charge in [-0.25, -0.2) is 0 Å². The van der Waals surface area contributed by atoms with Crippen LogP contribution >= 0.6 is 15.9 Å². The lowest BCUT2D eigenvalue weighted by molar-refractivity contribution is -0.384. The Labute approximate surface area is 133 Å². The minimum Gasteiger partial charge on any atom is -0.351 e. The molecule has 7 heteroatoms. The van der Waals surface area contributed by atoms with E-state index in [9.17, 15) is 14.9 Å². The molecule has 3 aromatic rings. The molecule has 1 aromatic heterocycles. The second kappa shape index (κ2) is 5.61. The van der Waals surface area contributed by atoms with E-state index in [1.165, 1.54) is 18.2 Å². The highest BCUT2D eigenvalue weighted by molar-refractivity contribution is 9.10. The predicted octanol–water partition coefficient (Wildman–Crippen LogP) is 4.09. The van der Waals surface area contributed by atoms with Crippen LogP contribution in [0, 0.1) is 10.1 Å². The number of nitro groups is 1. The number of nitrogens with one attached hydrogen (secondary N) is 2. The van der Waals surface area contributed by atoms with Crippen molar-refractivity contribution in [3.63, 3.8) is 0 Å². The summed E-state index contributed by atoms with van der Waals surface area (Å²) in [4.78, 5) is 25.5. The van der Waals surface area contributed by atoms with Gasteiger partial charge in [0.1, 0.15) is 5.69 Å². The minimum absolute atomic E-state index is 0.0709. The number of fused-ring (bicyclic) bond motifs is 1. The molecule has 0 atom stereocenters. The smallest absolute Gasteiger partial charge is 0.272 e. The summed E-state index contributed by atoms with van der Waals surface area (Å²) in [6.07, 6.45) is 0. The number of aromatic nitrogens is 1. The molecule has 6 nitrogen and oxygen atoms in total. The number of benzene rings is 2. The van der Waals surface area contributed by atoms with Crippen molar-refractivity contribution in [2.45, 2.75) is 0 Å². The molecule has 0 aliphatic heterocycles. The van der Waals surface area contributed by atoms with Gasteiger partial charge >= 0.3 is 0 Å². The topological polar surface area (TPSA) is 88.0 Å². The molecule has 0 spiro atoms. The van der Waals surface area contributed by atoms with E-state index in [0.29, 0.717) is 11.4 Å². The molecule has 2 aromatic carbocycles. The van der Waals surface area contributed by atoms with Crippen molar-refractivity contribution >= 4 is 44.1 Å². The van der Waals surface area contributed by atoms with Crippen molar-refractivity contribution in [3.05, 3.63) is 68.8 Å². The van der Waals surface area contributed by atoms with Crippen molar-refractivity contribution in [3.8, 4) is 0 Å². The van der Waals surface area contributed by atoms with Crippen molar-refractivity contribution in [2.24, 2.45) is 0 Å². The third kappa shape index (κ3) is 2.84. The van der Waals surface area contributed by atoms with Gasteiger partial charge in [-0.05, 0) is 30.3 Å². The Morgan fingerprint density at radius 2 is 2.00 bits per heavy atom. The quantitative estimate of drug-likeness (QED) is 0.545. The van der Waals surface area contributed by atoms with Gasteiger partial charge in [0, 0.05) is 33.2 Å². The molecule has 3 rings (SSSR count). The van der Waals surface area contributed by atoms with Crippen molar-refractivity contribution in [2.75, 3.05) is 5.32 Å². The zero-order chi connectivity index (χ0) is 15.7. The summed E-state index contributed by atoms with van der Waals surface area (Å²) in [7, 11) is 0. The number of hydrogen-bond acceptors (Lipinski definition) is 3. The van der Waals surface area contributed by atoms with Crippen LogP contribution in [0.5, 0.6) is 0 Å². The lowest BCUT2D eigenvalue weighted by atomic mass is 10.2. The Morgan fingerprint density at radius 1 is 1.18 bits per heavy atom. The summed E-state index contributed by atoms with van der Waals surface area (Å²) in [5.41, 5.74) is 1.53. The molecule has 0 aliphatic carbocycles. The minimum atomic E-state index is -0.504. The van der Waals surface area contributed by atoms with Crippen molar-refractivity contribution < 1.29 is 9.72 Å². The first-order valence-electron chi connectivity index (χ1n) is 6.37. The van der Waals surface area contributed by atoms with Gasteiger partial charge < -0.3 is 10.3 Å². The van der Waals surface area contributed by atoms with Crippen molar-refractivity contribution in [1.29, 1.82) is 0 Å². The number of rotatable bonds is 3. The molecule has 0 radical (unpaired) electrons. The highest BCUT2D eigenvalue weighted by Crippen LogP contribution is 2.22. The second-order valence-corrected chi connectivity index (χ2v) is 5.59. The molecule has 1 amide bonds. The Balaban J connectivity index is 1.86. The van der Waals surface area contributed by atoms with Gasteiger partial charge in [-0.1, -0.05) is 22.0 Å². The first-order chi connectivity index (χ1) is 10.5. The van der Waals surface area contributed by atoms with E-state index in [-0.39, 0.29) is 11.6 Å². The molecule has 0 saturated carbocycles. The van der Waals surface area contributed by atoms with Crippen LogP contribution in [0.15, 0.2) is 53.0 Å². The van der Waals surface area contributed by atoms with E-state index in [2.05, 4.69) is 26.2 Å². The first-order valence-corrected chi connectivity index (χ1v) is 7.16. The number of nitro benzene ring substituents is 1. The van der Waals surface area contributed by atoms with Crippen LogP contribution in [-0.2, 0) is 0 Å². The van der Waals surface area contributed by atoms with Gasteiger partial charge in [-0.3, -0.25) is 14.9 Å². The lowest BCUT2D eigenvalue weighted by Crippen LogP contribution is -2.12. The third-order valence-corrected chi connectivity index (χ3v) is 3.64. The van der Waals surface area contributed by atoms with Crippen LogP contribution < -0.4 is 5.32 Å². The average Bonchev–Trinajstić information content (AvgIpc) is 2.90. The zero-order valence-corrected chi connectivity index (χ0v) is 12.8. The molecular weight excluding hydrogens is 350 g/mol. The standard InChI is InChI=1S/C15H10BrN3O3/c16-10-4-5-13-9(6-10)7-14(18-13)15(20)17-11-2-1-3-12(8-11)19(21)22/h1-8,18H,(H,17,20). The number of anilines is 1. The number of amides is 1. The van der Waals surface area contributed by atoms with Crippen LogP contribution in [-0.4, -0.2) is 15.8 Å². The number of nitrogens with zero attached hydrogens (tertiary/aromatic N) is 1. The Hall–Kier alpha value is -2.67. The molecule has 110 valence electrons. The fourth-order valence-electron chi connectivity index (χ4n) is 2.12. The number of non-ortho nitro benzene ring substituents is 1. The Morgan fingerprint density at radius 3 is 2.77 bits per heavy atom. The number of H-pyrrole nitrogens is 1. The molecular formula is C15H10BrN3O3. The summed E-state index contributed by atoms with van der Waals surface area (Å²) >= 11 is 3.38. The Bertz CT molecular complexity index is 889. The SMILES string of the molecule is O=C(Nc1cccc([N+](=O)[O-])c1)c1cc2cc(Br)ccc2[nH]1. The highest BCUT2D eigenvalue weighted by Gasteiger charge is 2.12. The van der Waals surface area contributed by atoms with E-state index in [4.69, 9.17) is 0 Å². The van der Waals surface area contributed by atoms with Gasteiger partial charge in [-0.2, -0.15) is 0 Å². The van der Waals surface area contributed by atoms with Crippen LogP contribution in [0.25, 0.3) is 10.9 Å². The summed E-state index contributed by atoms with van der Waals surface area (Å²) in [6, 6.07) is 13.2. The number of carbonyl (C=O) groups is 1. The van der Waals surface area contributed by atoms with E-state index in [1.807, 2.05) is 18.2 Å². The van der Waals surface area contributed by atoms with Gasteiger partial charge in [0.15, 0.2) is 0 Å². The third-order valence-electron chi connectivity index (χ3n) is 3.14. The van der Waals surface area contributed by atoms with Gasteiger partial charge in [0.2, 0.25) is 0 Å². The fraction of sp³-hybridized carbons (Fsp3) is 0. The van der Waals surface area contributed by atoms with Gasteiger partial charge in [0.05, 0.1) is 4.92 Å². The average molecular weight is 360 g/mol. The molecule has 0 fully saturated rings. The van der Waals surface area contributed by atoms with E-state index >= 15 is 0 Å².